The first-order valence-corrected chi connectivity index (χ1v) is 9.54. The van der Waals surface area contributed by atoms with Gasteiger partial charge in [-0.05, 0) is 43.8 Å². The number of hydrogen-bond donors (Lipinski definition) is 1. The predicted octanol–water partition coefficient (Wildman–Crippen LogP) is 3.76. The minimum Gasteiger partial charge on any atom is -0.379 e. The molecule has 0 aliphatic carbocycles. The van der Waals surface area contributed by atoms with Crippen molar-refractivity contribution in [1.82, 2.24) is 4.90 Å². The van der Waals surface area contributed by atoms with Crippen LogP contribution in [0, 0.1) is 0 Å². The Hall–Kier alpha value is -2.44. The molecule has 3 rings (SSSR count). The third-order valence-corrected chi connectivity index (χ3v) is 4.84. The second-order valence-corrected chi connectivity index (χ2v) is 7.20. The molecular weight excluding hydrogens is 348 g/mol. The molecule has 0 radical (unpaired) electrons. The molecular formula is C20H22N2O3S. The highest BCUT2D eigenvalue weighted by Gasteiger charge is 2.39. The lowest BCUT2D eigenvalue weighted by Crippen LogP contribution is -2.34. The maximum Gasteiger partial charge on any atom is 0.278 e. The lowest BCUT2D eigenvalue weighted by Gasteiger charge is -2.16. The Morgan fingerprint density at radius 1 is 1.08 bits per heavy atom. The van der Waals surface area contributed by atoms with Crippen molar-refractivity contribution in [1.29, 1.82) is 0 Å². The maximum absolute atomic E-state index is 12.9. The number of carbonyl (C=O) groups is 2. The highest BCUT2D eigenvalue weighted by Crippen LogP contribution is 2.32. The fourth-order valence-electron chi connectivity index (χ4n) is 2.75. The van der Waals surface area contributed by atoms with Crippen LogP contribution in [-0.2, 0) is 14.3 Å². The highest BCUT2D eigenvalue weighted by atomic mass is 32.1. The van der Waals surface area contributed by atoms with Gasteiger partial charge in [-0.15, -0.1) is 11.3 Å². The Morgan fingerprint density at radius 3 is 2.50 bits per heavy atom. The second-order valence-electron chi connectivity index (χ2n) is 6.25. The standard InChI is InChI=1S/C20H22N2O3S/c1-14(2)25-12-7-11-22-19(23)17(16-10-6-13-26-16)18(20(22)24)21-15-8-4-3-5-9-15/h3-6,8-10,13-14,21H,7,11-12H2,1-2H3. The molecule has 0 spiro atoms. The number of amides is 2. The predicted molar refractivity (Wildman–Crippen MR) is 104 cm³/mol. The number of carbonyl (C=O) groups excluding carboxylic acids is 2. The molecule has 2 amide bonds. The van der Waals surface area contributed by atoms with Crippen molar-refractivity contribution in [3.63, 3.8) is 0 Å². The van der Waals surface area contributed by atoms with Gasteiger partial charge in [-0.25, -0.2) is 0 Å². The molecule has 136 valence electrons. The lowest BCUT2D eigenvalue weighted by molar-refractivity contribution is -0.137. The maximum atomic E-state index is 12.9. The molecule has 0 unspecified atom stereocenters. The van der Waals surface area contributed by atoms with Gasteiger partial charge in [0.2, 0.25) is 0 Å². The molecule has 0 saturated heterocycles. The molecule has 26 heavy (non-hydrogen) atoms. The Balaban J connectivity index is 1.82. The summed E-state index contributed by atoms with van der Waals surface area (Å²) in [4.78, 5) is 27.9. The molecule has 2 heterocycles. The van der Waals surface area contributed by atoms with E-state index in [-0.39, 0.29) is 17.9 Å². The molecule has 5 nitrogen and oxygen atoms in total. The number of nitrogens with zero attached hydrogens (tertiary/aromatic N) is 1. The largest absolute Gasteiger partial charge is 0.379 e. The van der Waals surface area contributed by atoms with Crippen LogP contribution < -0.4 is 5.32 Å². The molecule has 1 N–H and O–H groups in total. The third-order valence-electron chi connectivity index (χ3n) is 3.96. The van der Waals surface area contributed by atoms with Crippen LogP contribution in [0.2, 0.25) is 0 Å². The van der Waals surface area contributed by atoms with Gasteiger partial charge in [0.1, 0.15) is 5.70 Å². The average molecular weight is 370 g/mol. The van der Waals surface area contributed by atoms with E-state index in [9.17, 15) is 9.59 Å². The number of benzene rings is 1. The molecule has 1 aromatic carbocycles. The van der Waals surface area contributed by atoms with Crippen molar-refractivity contribution >= 4 is 34.4 Å². The van der Waals surface area contributed by atoms with Crippen molar-refractivity contribution in [2.45, 2.75) is 26.4 Å². The van der Waals surface area contributed by atoms with E-state index >= 15 is 0 Å². The number of hydrogen-bond acceptors (Lipinski definition) is 5. The third kappa shape index (κ3) is 4.03. The van der Waals surface area contributed by atoms with E-state index in [1.807, 2.05) is 61.7 Å². The number of para-hydroxylation sites is 1. The highest BCUT2D eigenvalue weighted by molar-refractivity contribution is 7.11. The fourth-order valence-corrected chi connectivity index (χ4v) is 3.52. The molecule has 1 aliphatic heterocycles. The lowest BCUT2D eigenvalue weighted by atomic mass is 10.2. The van der Waals surface area contributed by atoms with Crippen LogP contribution in [0.3, 0.4) is 0 Å². The quantitative estimate of drug-likeness (QED) is 0.568. The van der Waals surface area contributed by atoms with Crippen LogP contribution in [0.15, 0.2) is 53.5 Å². The number of thiophene rings is 1. The summed E-state index contributed by atoms with van der Waals surface area (Å²) in [5, 5.41) is 5.04. The molecule has 0 fully saturated rings. The summed E-state index contributed by atoms with van der Waals surface area (Å²) in [6.07, 6.45) is 0.751. The van der Waals surface area contributed by atoms with Crippen LogP contribution in [0.25, 0.3) is 5.57 Å². The normalized spacial score (nSPS) is 14.7. The van der Waals surface area contributed by atoms with Gasteiger partial charge < -0.3 is 10.1 Å². The van der Waals surface area contributed by atoms with Crippen molar-refractivity contribution in [2.24, 2.45) is 0 Å². The van der Waals surface area contributed by atoms with Gasteiger partial charge in [-0.1, -0.05) is 24.3 Å². The topological polar surface area (TPSA) is 58.6 Å². The van der Waals surface area contributed by atoms with Gasteiger partial charge in [0.25, 0.3) is 11.8 Å². The van der Waals surface area contributed by atoms with Crippen LogP contribution in [-0.4, -0.2) is 36.0 Å². The number of anilines is 1. The SMILES string of the molecule is CC(C)OCCCN1C(=O)C(Nc2ccccc2)=C(c2cccs2)C1=O. The number of ether oxygens (including phenoxy) is 1. The summed E-state index contributed by atoms with van der Waals surface area (Å²) in [6, 6.07) is 13.2. The summed E-state index contributed by atoms with van der Waals surface area (Å²) in [5.41, 5.74) is 1.56. The van der Waals surface area contributed by atoms with Crippen LogP contribution >= 0.6 is 11.3 Å². The van der Waals surface area contributed by atoms with E-state index in [2.05, 4.69) is 5.32 Å². The Labute approximate surface area is 157 Å². The molecule has 0 atom stereocenters. The zero-order valence-electron chi connectivity index (χ0n) is 14.9. The van der Waals surface area contributed by atoms with Gasteiger partial charge in [0.05, 0.1) is 11.7 Å². The van der Waals surface area contributed by atoms with E-state index in [1.165, 1.54) is 16.2 Å². The van der Waals surface area contributed by atoms with E-state index < -0.39 is 0 Å². The Morgan fingerprint density at radius 2 is 1.85 bits per heavy atom. The number of rotatable bonds is 8. The molecule has 6 heteroatoms. The smallest absolute Gasteiger partial charge is 0.278 e. The van der Waals surface area contributed by atoms with E-state index in [4.69, 9.17) is 4.74 Å². The molecule has 0 bridgehead atoms. The fraction of sp³-hybridized carbons (Fsp3) is 0.300. The van der Waals surface area contributed by atoms with Gasteiger partial charge in [0, 0.05) is 23.7 Å². The van der Waals surface area contributed by atoms with Crippen LogP contribution in [0.4, 0.5) is 5.69 Å². The molecule has 1 aromatic heterocycles. The first-order chi connectivity index (χ1) is 12.6. The average Bonchev–Trinajstić information content (AvgIpc) is 3.22. The van der Waals surface area contributed by atoms with Gasteiger partial charge >= 0.3 is 0 Å². The first-order valence-electron chi connectivity index (χ1n) is 8.66. The van der Waals surface area contributed by atoms with Crippen molar-refractivity contribution in [3.8, 4) is 0 Å². The van der Waals surface area contributed by atoms with Crippen molar-refractivity contribution in [3.05, 3.63) is 58.4 Å². The number of nitrogens with one attached hydrogen (secondary N) is 1. The zero-order valence-corrected chi connectivity index (χ0v) is 15.7. The summed E-state index contributed by atoms with van der Waals surface area (Å²) >= 11 is 1.45. The van der Waals surface area contributed by atoms with Crippen LogP contribution in [0.1, 0.15) is 25.1 Å². The van der Waals surface area contributed by atoms with E-state index in [0.29, 0.717) is 30.8 Å². The summed E-state index contributed by atoms with van der Waals surface area (Å²) in [5.74, 6) is -0.535. The zero-order chi connectivity index (χ0) is 18.5. The minimum atomic E-state index is -0.285. The minimum absolute atomic E-state index is 0.134. The summed E-state index contributed by atoms with van der Waals surface area (Å²) in [7, 11) is 0. The van der Waals surface area contributed by atoms with Crippen molar-refractivity contribution in [2.75, 3.05) is 18.5 Å². The summed E-state index contributed by atoms with van der Waals surface area (Å²) < 4.78 is 5.52. The molecule has 0 saturated carbocycles. The van der Waals surface area contributed by atoms with Crippen molar-refractivity contribution < 1.29 is 14.3 Å². The summed E-state index contributed by atoms with van der Waals surface area (Å²) in [6.45, 7) is 4.79. The Bertz CT molecular complexity index is 798. The van der Waals surface area contributed by atoms with E-state index in [1.54, 1.807) is 0 Å². The molecule has 2 aromatic rings. The van der Waals surface area contributed by atoms with Gasteiger partial charge in [-0.2, -0.15) is 0 Å². The number of imide groups is 1. The van der Waals surface area contributed by atoms with Crippen LogP contribution in [0.5, 0.6) is 0 Å². The van der Waals surface area contributed by atoms with Gasteiger partial charge in [0.15, 0.2) is 0 Å². The first kappa shape index (κ1) is 18.4. The van der Waals surface area contributed by atoms with E-state index in [0.717, 1.165) is 10.6 Å². The van der Waals surface area contributed by atoms with Gasteiger partial charge in [-0.3, -0.25) is 14.5 Å². The monoisotopic (exact) mass is 370 g/mol. The second kappa shape index (κ2) is 8.29. The Kier molecular flexibility index (Phi) is 5.85. The molecule has 1 aliphatic rings.